The van der Waals surface area contributed by atoms with Gasteiger partial charge in [-0.05, 0) is 67.3 Å². The van der Waals surface area contributed by atoms with E-state index < -0.39 is 23.1 Å². The largest absolute Gasteiger partial charge is 0.494 e. The first-order valence-electron chi connectivity index (χ1n) is 13.5. The molecular weight excluding hydrogens is 524 g/mol. The van der Waals surface area contributed by atoms with E-state index in [2.05, 4.69) is 17.6 Å². The Bertz CT molecular complexity index is 1330. The number of carboxylic acids is 1. The minimum Gasteiger partial charge on any atom is -0.494 e. The number of hydrogen-bond donors (Lipinski definition) is 3. The normalized spacial score (nSPS) is 17.0. The van der Waals surface area contributed by atoms with E-state index in [0.717, 1.165) is 29.1 Å². The van der Waals surface area contributed by atoms with Crippen molar-refractivity contribution < 1.29 is 24.2 Å². The molecule has 1 aliphatic rings. The molecule has 0 spiro atoms. The molecule has 8 heteroatoms. The maximum absolute atomic E-state index is 13.5. The van der Waals surface area contributed by atoms with Crippen LogP contribution < -0.4 is 15.4 Å². The van der Waals surface area contributed by atoms with E-state index in [9.17, 15) is 19.5 Å². The fourth-order valence-electron chi connectivity index (χ4n) is 4.47. The predicted octanol–water partition coefficient (Wildman–Crippen LogP) is 6.94. The van der Waals surface area contributed by atoms with Crippen LogP contribution in [0.25, 0.3) is 0 Å². The van der Waals surface area contributed by atoms with Gasteiger partial charge >= 0.3 is 5.97 Å². The van der Waals surface area contributed by atoms with Crippen LogP contribution in [-0.2, 0) is 14.4 Å². The van der Waals surface area contributed by atoms with Crippen molar-refractivity contribution in [1.29, 1.82) is 0 Å². The molecule has 3 atom stereocenters. The first-order valence-corrected chi connectivity index (χ1v) is 14.4. The summed E-state index contributed by atoms with van der Waals surface area (Å²) in [6, 6.07) is 24.1. The van der Waals surface area contributed by atoms with Gasteiger partial charge in [0.2, 0.25) is 11.8 Å². The van der Waals surface area contributed by atoms with Crippen LogP contribution in [0.4, 0.5) is 11.4 Å². The number of carbonyl (C=O) groups excluding carboxylic acids is 2. The smallest absolute Gasteiger partial charge is 0.307 e. The van der Waals surface area contributed by atoms with Gasteiger partial charge in [-0.2, -0.15) is 0 Å². The maximum atomic E-state index is 13.5. The second-order valence-corrected chi connectivity index (χ2v) is 10.8. The summed E-state index contributed by atoms with van der Waals surface area (Å²) in [4.78, 5) is 38.9. The summed E-state index contributed by atoms with van der Waals surface area (Å²) in [5.41, 5.74) is 2.07. The van der Waals surface area contributed by atoms with E-state index in [-0.39, 0.29) is 11.8 Å². The summed E-state index contributed by atoms with van der Waals surface area (Å²) in [6.45, 7) is 2.77. The first kappa shape index (κ1) is 29.0. The van der Waals surface area contributed by atoms with E-state index in [1.54, 1.807) is 6.07 Å². The summed E-state index contributed by atoms with van der Waals surface area (Å²) in [5, 5.41) is 14.9. The van der Waals surface area contributed by atoms with Crippen molar-refractivity contribution >= 4 is 40.9 Å². The molecule has 7 nitrogen and oxygen atoms in total. The maximum Gasteiger partial charge on any atom is 0.307 e. The molecule has 0 fully saturated rings. The van der Waals surface area contributed by atoms with Crippen LogP contribution in [-0.4, -0.2) is 29.5 Å². The van der Waals surface area contributed by atoms with Crippen molar-refractivity contribution in [3.63, 3.8) is 0 Å². The van der Waals surface area contributed by atoms with Crippen molar-refractivity contribution in [3.05, 3.63) is 96.6 Å². The lowest BCUT2D eigenvalue weighted by Crippen LogP contribution is -2.34. The Morgan fingerprint density at radius 2 is 1.62 bits per heavy atom. The highest BCUT2D eigenvalue weighted by Gasteiger charge is 2.34. The summed E-state index contributed by atoms with van der Waals surface area (Å²) < 4.78 is 5.72. The average molecular weight is 559 g/mol. The zero-order chi connectivity index (χ0) is 28.3. The highest BCUT2D eigenvalue weighted by Crippen LogP contribution is 2.37. The molecule has 2 amide bonds. The highest BCUT2D eigenvalue weighted by atomic mass is 32.2. The zero-order valence-corrected chi connectivity index (χ0v) is 23.2. The number of thioether (sulfide) groups is 1. The molecule has 0 saturated heterocycles. The summed E-state index contributed by atoms with van der Waals surface area (Å²) in [5.74, 6) is -2.08. The second-order valence-electron chi connectivity index (χ2n) is 9.64. The number of carboxylic acid groups (broad SMARTS) is 1. The number of unbranched alkanes of at least 4 members (excludes halogenated alkanes) is 1. The van der Waals surface area contributed by atoms with Crippen LogP contribution in [0.1, 0.15) is 43.4 Å². The molecule has 3 aromatic carbocycles. The number of rotatable bonds is 12. The molecule has 3 N–H and O–H groups in total. The van der Waals surface area contributed by atoms with Gasteiger partial charge in [-0.1, -0.05) is 61.9 Å². The number of benzene rings is 3. The molecule has 0 saturated carbocycles. The number of anilines is 2. The first-order chi connectivity index (χ1) is 19.4. The summed E-state index contributed by atoms with van der Waals surface area (Å²) >= 11 is 1.37. The SMILES string of the molecule is CCCCOc1ccc(NC(=O)C(Sc2cccc(NC(=O)C3CC=CCC3C(=O)O)c2)c2ccccc2)cc1. The standard InChI is InChI=1S/C32H34N2O5S/c1-2-3-20-39-25-18-16-23(17-19-25)33-31(36)29(22-10-5-4-6-11-22)40-26-13-9-12-24(21-26)34-30(35)27-14-7-8-15-28(27)32(37)38/h4-13,16-19,21,27-29H,2-3,14-15,20H2,1H3,(H,33,36)(H,34,35)(H,37,38). The third kappa shape index (κ3) is 7.99. The zero-order valence-electron chi connectivity index (χ0n) is 22.4. The lowest BCUT2D eigenvalue weighted by molar-refractivity contribution is -0.146. The second kappa shape index (κ2) is 14.4. The minimum atomic E-state index is -0.968. The van der Waals surface area contributed by atoms with E-state index >= 15 is 0 Å². The van der Waals surface area contributed by atoms with E-state index in [4.69, 9.17) is 4.74 Å². The van der Waals surface area contributed by atoms with Crippen molar-refractivity contribution in [2.24, 2.45) is 11.8 Å². The van der Waals surface area contributed by atoms with Crippen LogP contribution in [0.15, 0.2) is 95.9 Å². The average Bonchev–Trinajstić information content (AvgIpc) is 2.97. The topological polar surface area (TPSA) is 105 Å². The molecule has 0 bridgehead atoms. The van der Waals surface area contributed by atoms with Crippen LogP contribution in [0.3, 0.4) is 0 Å². The molecule has 1 aliphatic carbocycles. The fourth-order valence-corrected chi connectivity index (χ4v) is 5.56. The predicted molar refractivity (Wildman–Crippen MR) is 159 cm³/mol. The van der Waals surface area contributed by atoms with Crippen molar-refractivity contribution in [1.82, 2.24) is 0 Å². The lowest BCUT2D eigenvalue weighted by Gasteiger charge is -2.24. The Hall–Kier alpha value is -4.04. The van der Waals surface area contributed by atoms with Crippen LogP contribution in [0.2, 0.25) is 0 Å². The number of amides is 2. The molecule has 0 aromatic heterocycles. The van der Waals surface area contributed by atoms with Gasteiger partial charge in [0.1, 0.15) is 11.0 Å². The van der Waals surface area contributed by atoms with Crippen LogP contribution >= 0.6 is 11.8 Å². The summed E-state index contributed by atoms with van der Waals surface area (Å²) in [7, 11) is 0. The van der Waals surface area contributed by atoms with Gasteiger partial charge in [0, 0.05) is 16.3 Å². The number of nitrogens with one attached hydrogen (secondary N) is 2. The van der Waals surface area contributed by atoms with E-state index in [0.29, 0.717) is 30.8 Å². The van der Waals surface area contributed by atoms with E-state index in [1.807, 2.05) is 84.9 Å². The Kier molecular flexibility index (Phi) is 10.4. The van der Waals surface area contributed by atoms with Gasteiger partial charge in [-0.15, -0.1) is 11.8 Å². The Balaban J connectivity index is 1.46. The van der Waals surface area contributed by atoms with Gasteiger partial charge in [0.15, 0.2) is 0 Å². The molecule has 0 aliphatic heterocycles. The van der Waals surface area contributed by atoms with E-state index in [1.165, 1.54) is 11.8 Å². The highest BCUT2D eigenvalue weighted by molar-refractivity contribution is 8.00. The molecule has 3 aromatic rings. The molecule has 0 radical (unpaired) electrons. The third-order valence-corrected chi connectivity index (χ3v) is 7.92. The Morgan fingerprint density at radius 3 is 2.33 bits per heavy atom. The molecular formula is C32H34N2O5S. The molecule has 4 rings (SSSR count). The number of carbonyl (C=O) groups is 3. The van der Waals surface area contributed by atoms with Gasteiger partial charge in [0.05, 0.1) is 18.4 Å². The Labute approximate surface area is 239 Å². The fraction of sp³-hybridized carbons (Fsp3) is 0.281. The monoisotopic (exact) mass is 558 g/mol. The van der Waals surface area contributed by atoms with Crippen molar-refractivity contribution in [2.75, 3.05) is 17.2 Å². The lowest BCUT2D eigenvalue weighted by atomic mass is 9.82. The third-order valence-electron chi connectivity index (χ3n) is 6.67. The van der Waals surface area contributed by atoms with Crippen LogP contribution in [0.5, 0.6) is 5.75 Å². The van der Waals surface area contributed by atoms with Gasteiger partial charge < -0.3 is 20.5 Å². The van der Waals surface area contributed by atoms with Crippen molar-refractivity contribution in [3.8, 4) is 5.75 Å². The summed E-state index contributed by atoms with van der Waals surface area (Å²) in [6.07, 6.45) is 6.44. The minimum absolute atomic E-state index is 0.177. The number of aliphatic carboxylic acids is 1. The molecule has 40 heavy (non-hydrogen) atoms. The number of hydrogen-bond acceptors (Lipinski definition) is 5. The molecule has 208 valence electrons. The molecule has 0 heterocycles. The Morgan fingerprint density at radius 1 is 0.900 bits per heavy atom. The number of ether oxygens (including phenoxy) is 1. The van der Waals surface area contributed by atoms with Gasteiger partial charge in [0.25, 0.3) is 0 Å². The van der Waals surface area contributed by atoms with Crippen molar-refractivity contribution in [2.45, 2.75) is 42.8 Å². The quantitative estimate of drug-likeness (QED) is 0.126. The van der Waals surface area contributed by atoms with Gasteiger partial charge in [-0.3, -0.25) is 14.4 Å². The van der Waals surface area contributed by atoms with Crippen LogP contribution in [0, 0.1) is 11.8 Å². The van der Waals surface area contributed by atoms with Gasteiger partial charge in [-0.25, -0.2) is 0 Å². The molecule has 3 unspecified atom stereocenters. The number of allylic oxidation sites excluding steroid dienone is 2.